The molecule has 2 nitrogen and oxygen atoms in total. The third-order valence-corrected chi connectivity index (χ3v) is 3.57. The van der Waals surface area contributed by atoms with E-state index in [0.717, 1.165) is 48.7 Å². The fraction of sp³-hybridized carbons (Fsp3) is 0.333. The molecule has 2 rings (SSSR count). The zero-order valence-corrected chi connectivity index (χ0v) is 14.4. The Hall–Kier alpha value is -1.22. The van der Waals surface area contributed by atoms with Crippen molar-refractivity contribution >= 4 is 24.0 Å². The first kappa shape index (κ1) is 18.8. The van der Waals surface area contributed by atoms with Gasteiger partial charge in [-0.25, -0.2) is 0 Å². The number of nitrogens with one attached hydrogen (secondary N) is 1. The standard InChI is InChI=1S/C18H22ClNO.ClH/c1-20-11-5-6-12-21-18-10-9-17(19)14-16(18)13-15-7-3-2-4-8-15;/h2-4,7-10,14,20H,5-6,11-13H2,1H3;1H. The van der Waals surface area contributed by atoms with E-state index in [2.05, 4.69) is 29.6 Å². The summed E-state index contributed by atoms with van der Waals surface area (Å²) in [7, 11) is 1.97. The van der Waals surface area contributed by atoms with Crippen molar-refractivity contribution in [2.24, 2.45) is 0 Å². The predicted octanol–water partition coefficient (Wildman–Crippen LogP) is 4.73. The molecule has 0 aliphatic carbocycles. The van der Waals surface area contributed by atoms with E-state index in [1.165, 1.54) is 5.56 Å². The van der Waals surface area contributed by atoms with Crippen LogP contribution in [0.15, 0.2) is 48.5 Å². The summed E-state index contributed by atoms with van der Waals surface area (Å²) < 4.78 is 5.92. The summed E-state index contributed by atoms with van der Waals surface area (Å²) in [4.78, 5) is 0. The Kier molecular flexibility index (Phi) is 8.98. The van der Waals surface area contributed by atoms with E-state index in [1.54, 1.807) is 0 Å². The number of hydrogen-bond acceptors (Lipinski definition) is 2. The number of ether oxygens (including phenoxy) is 1. The van der Waals surface area contributed by atoms with Crippen LogP contribution < -0.4 is 10.1 Å². The van der Waals surface area contributed by atoms with Crippen molar-refractivity contribution in [1.29, 1.82) is 0 Å². The average molecular weight is 340 g/mol. The van der Waals surface area contributed by atoms with Gasteiger partial charge in [0.25, 0.3) is 0 Å². The van der Waals surface area contributed by atoms with E-state index in [1.807, 2.05) is 31.3 Å². The lowest BCUT2D eigenvalue weighted by atomic mass is 10.0. The van der Waals surface area contributed by atoms with Crippen LogP contribution >= 0.6 is 24.0 Å². The lowest BCUT2D eigenvalue weighted by molar-refractivity contribution is 0.304. The zero-order valence-electron chi connectivity index (χ0n) is 12.8. The van der Waals surface area contributed by atoms with E-state index in [-0.39, 0.29) is 12.4 Å². The molecular formula is C18H23Cl2NO. The minimum Gasteiger partial charge on any atom is -0.493 e. The number of hydrogen-bond donors (Lipinski definition) is 1. The van der Waals surface area contributed by atoms with Crippen LogP contribution in [-0.4, -0.2) is 20.2 Å². The molecule has 0 fully saturated rings. The lowest BCUT2D eigenvalue weighted by Crippen LogP contribution is -2.09. The summed E-state index contributed by atoms with van der Waals surface area (Å²) in [5.74, 6) is 0.938. The molecule has 4 heteroatoms. The Balaban J connectivity index is 0.00000242. The number of benzene rings is 2. The Labute approximate surface area is 144 Å². The van der Waals surface area contributed by atoms with Gasteiger partial charge in [-0.05, 0) is 55.8 Å². The quantitative estimate of drug-likeness (QED) is 0.702. The van der Waals surface area contributed by atoms with E-state index in [0.29, 0.717) is 0 Å². The van der Waals surface area contributed by atoms with Gasteiger partial charge in [0.1, 0.15) is 5.75 Å². The van der Waals surface area contributed by atoms with Gasteiger partial charge in [0, 0.05) is 11.4 Å². The maximum atomic E-state index is 6.12. The minimum atomic E-state index is 0. The molecule has 120 valence electrons. The number of unbranched alkanes of at least 4 members (excludes halogenated alkanes) is 1. The fourth-order valence-electron chi connectivity index (χ4n) is 2.23. The summed E-state index contributed by atoms with van der Waals surface area (Å²) in [5, 5.41) is 3.90. The first-order valence-electron chi connectivity index (χ1n) is 7.39. The molecule has 0 amide bonds. The smallest absolute Gasteiger partial charge is 0.122 e. The van der Waals surface area contributed by atoms with Crippen LogP contribution in [0.3, 0.4) is 0 Å². The van der Waals surface area contributed by atoms with E-state index < -0.39 is 0 Å². The second-order valence-electron chi connectivity index (χ2n) is 5.07. The third kappa shape index (κ3) is 6.27. The van der Waals surface area contributed by atoms with Crippen LogP contribution in [-0.2, 0) is 6.42 Å². The highest BCUT2D eigenvalue weighted by Gasteiger charge is 2.06. The van der Waals surface area contributed by atoms with Crippen molar-refractivity contribution in [3.8, 4) is 5.75 Å². The van der Waals surface area contributed by atoms with E-state index in [9.17, 15) is 0 Å². The van der Waals surface area contributed by atoms with Gasteiger partial charge in [0.05, 0.1) is 6.61 Å². The molecule has 0 radical (unpaired) electrons. The Bertz CT molecular complexity index is 546. The molecule has 0 aliphatic heterocycles. The van der Waals surface area contributed by atoms with Crippen molar-refractivity contribution in [3.05, 3.63) is 64.7 Å². The van der Waals surface area contributed by atoms with Gasteiger partial charge in [-0.15, -0.1) is 12.4 Å². The van der Waals surface area contributed by atoms with Gasteiger partial charge in [-0.1, -0.05) is 41.9 Å². The molecule has 0 atom stereocenters. The summed E-state index contributed by atoms with van der Waals surface area (Å²) in [6, 6.07) is 16.2. The van der Waals surface area contributed by atoms with Crippen LogP contribution in [0.5, 0.6) is 5.75 Å². The van der Waals surface area contributed by atoms with Crippen molar-refractivity contribution in [2.75, 3.05) is 20.2 Å². The van der Waals surface area contributed by atoms with Crippen molar-refractivity contribution in [1.82, 2.24) is 5.32 Å². The fourth-order valence-corrected chi connectivity index (χ4v) is 2.42. The summed E-state index contributed by atoms with van der Waals surface area (Å²) in [6.45, 7) is 1.77. The normalized spacial score (nSPS) is 10.1. The molecule has 2 aromatic carbocycles. The zero-order chi connectivity index (χ0) is 14.9. The Morgan fingerprint density at radius 1 is 1.05 bits per heavy atom. The maximum absolute atomic E-state index is 6.12. The molecule has 0 aliphatic rings. The van der Waals surface area contributed by atoms with Crippen molar-refractivity contribution in [3.63, 3.8) is 0 Å². The highest BCUT2D eigenvalue weighted by Crippen LogP contribution is 2.25. The first-order chi connectivity index (χ1) is 10.3. The highest BCUT2D eigenvalue weighted by molar-refractivity contribution is 6.30. The summed E-state index contributed by atoms with van der Waals surface area (Å²) in [5.41, 5.74) is 2.40. The SMILES string of the molecule is CNCCCCOc1ccc(Cl)cc1Cc1ccccc1.Cl. The van der Waals surface area contributed by atoms with E-state index in [4.69, 9.17) is 16.3 Å². The van der Waals surface area contributed by atoms with Crippen LogP contribution in [0.4, 0.5) is 0 Å². The summed E-state index contributed by atoms with van der Waals surface area (Å²) >= 11 is 6.12. The molecule has 0 bridgehead atoms. The van der Waals surface area contributed by atoms with Gasteiger partial charge >= 0.3 is 0 Å². The van der Waals surface area contributed by atoms with Crippen LogP contribution in [0.2, 0.25) is 5.02 Å². The number of rotatable bonds is 8. The molecule has 1 N–H and O–H groups in total. The van der Waals surface area contributed by atoms with Gasteiger partial charge in [-0.2, -0.15) is 0 Å². The average Bonchev–Trinajstić information content (AvgIpc) is 2.50. The largest absolute Gasteiger partial charge is 0.493 e. The molecule has 0 saturated carbocycles. The van der Waals surface area contributed by atoms with Gasteiger partial charge in [0.2, 0.25) is 0 Å². The maximum Gasteiger partial charge on any atom is 0.122 e. The van der Waals surface area contributed by atoms with Crippen molar-refractivity contribution in [2.45, 2.75) is 19.3 Å². The number of halogens is 2. The van der Waals surface area contributed by atoms with E-state index >= 15 is 0 Å². The minimum absolute atomic E-state index is 0. The first-order valence-corrected chi connectivity index (χ1v) is 7.77. The van der Waals surface area contributed by atoms with Crippen LogP contribution in [0.25, 0.3) is 0 Å². The van der Waals surface area contributed by atoms with Crippen LogP contribution in [0.1, 0.15) is 24.0 Å². The lowest BCUT2D eigenvalue weighted by Gasteiger charge is -2.12. The summed E-state index contributed by atoms with van der Waals surface area (Å²) in [6.07, 6.45) is 3.01. The van der Waals surface area contributed by atoms with Crippen molar-refractivity contribution < 1.29 is 4.74 Å². The predicted molar refractivity (Wildman–Crippen MR) is 96.6 cm³/mol. The third-order valence-electron chi connectivity index (χ3n) is 3.34. The van der Waals surface area contributed by atoms with Gasteiger partial charge in [-0.3, -0.25) is 0 Å². The molecule has 0 unspecified atom stereocenters. The second kappa shape index (κ2) is 10.5. The molecule has 22 heavy (non-hydrogen) atoms. The molecule has 0 saturated heterocycles. The topological polar surface area (TPSA) is 21.3 Å². The van der Waals surface area contributed by atoms with Crippen LogP contribution in [0, 0.1) is 0 Å². The monoisotopic (exact) mass is 339 g/mol. The molecular weight excluding hydrogens is 317 g/mol. The molecule has 0 spiro atoms. The van der Waals surface area contributed by atoms with Gasteiger partial charge in [0.15, 0.2) is 0 Å². The molecule has 0 heterocycles. The highest BCUT2D eigenvalue weighted by atomic mass is 35.5. The molecule has 2 aromatic rings. The molecule has 0 aromatic heterocycles. The Morgan fingerprint density at radius 3 is 2.55 bits per heavy atom. The van der Waals surface area contributed by atoms with Gasteiger partial charge < -0.3 is 10.1 Å². The Morgan fingerprint density at radius 2 is 1.82 bits per heavy atom. The second-order valence-corrected chi connectivity index (χ2v) is 5.51.